The van der Waals surface area contributed by atoms with Crippen LogP contribution in [0.25, 0.3) is 22.2 Å². The molecule has 0 radical (unpaired) electrons. The van der Waals surface area contributed by atoms with Gasteiger partial charge in [0.1, 0.15) is 23.6 Å². The SMILES string of the molecule is Cc1cccc(-c2ncc3c(N4CC5CCC(C5)C4)nc(OCC45CCCN4CCC5)nc3c2F)c1Cl. The molecule has 3 saturated heterocycles. The van der Waals surface area contributed by atoms with E-state index in [1.54, 1.807) is 6.20 Å². The predicted octanol–water partition coefficient (Wildman–Crippen LogP) is 6.04. The summed E-state index contributed by atoms with van der Waals surface area (Å²) in [4.78, 5) is 19.0. The molecule has 0 spiro atoms. The van der Waals surface area contributed by atoms with Crippen LogP contribution in [0, 0.1) is 24.6 Å². The third kappa shape index (κ3) is 3.97. The lowest BCUT2D eigenvalue weighted by Crippen LogP contribution is -2.43. The van der Waals surface area contributed by atoms with Crippen molar-refractivity contribution in [2.45, 2.75) is 57.4 Å². The van der Waals surface area contributed by atoms with Gasteiger partial charge in [0, 0.05) is 24.8 Å². The Bertz CT molecular complexity index is 1340. The van der Waals surface area contributed by atoms with E-state index in [1.807, 2.05) is 25.1 Å². The zero-order valence-electron chi connectivity index (χ0n) is 21.3. The summed E-state index contributed by atoms with van der Waals surface area (Å²) in [5, 5.41) is 1.15. The summed E-state index contributed by atoms with van der Waals surface area (Å²) in [6.45, 7) is 6.60. The number of nitrogens with zero attached hydrogens (tertiary/aromatic N) is 5. The number of aryl methyl sites for hydroxylation is 1. The van der Waals surface area contributed by atoms with Crippen molar-refractivity contribution in [1.29, 1.82) is 0 Å². The maximum absolute atomic E-state index is 16.2. The largest absolute Gasteiger partial charge is 0.461 e. The van der Waals surface area contributed by atoms with E-state index in [2.05, 4.69) is 19.8 Å². The molecule has 1 saturated carbocycles. The van der Waals surface area contributed by atoms with Crippen LogP contribution in [0.3, 0.4) is 0 Å². The molecule has 4 fully saturated rings. The first-order chi connectivity index (χ1) is 18.0. The monoisotopic (exact) mass is 521 g/mol. The van der Waals surface area contributed by atoms with Crippen LogP contribution in [0.5, 0.6) is 6.01 Å². The molecule has 37 heavy (non-hydrogen) atoms. The van der Waals surface area contributed by atoms with Crippen LogP contribution >= 0.6 is 11.6 Å². The van der Waals surface area contributed by atoms with E-state index in [0.717, 1.165) is 50.4 Å². The molecule has 194 valence electrons. The molecule has 3 aromatic rings. The van der Waals surface area contributed by atoms with Crippen LogP contribution in [-0.2, 0) is 0 Å². The summed E-state index contributed by atoms with van der Waals surface area (Å²) < 4.78 is 22.6. The Kier molecular flexibility index (Phi) is 5.77. The Hall–Kier alpha value is -2.51. The molecule has 1 aromatic carbocycles. The highest BCUT2D eigenvalue weighted by atomic mass is 35.5. The molecule has 2 atom stereocenters. The number of pyridine rings is 1. The predicted molar refractivity (Wildman–Crippen MR) is 144 cm³/mol. The normalized spacial score (nSPS) is 24.7. The Morgan fingerprint density at radius 1 is 1.11 bits per heavy atom. The summed E-state index contributed by atoms with van der Waals surface area (Å²) in [6, 6.07) is 5.86. The van der Waals surface area contributed by atoms with E-state index in [-0.39, 0.29) is 22.8 Å². The molecule has 2 aromatic heterocycles. The fourth-order valence-corrected chi connectivity index (χ4v) is 7.60. The van der Waals surface area contributed by atoms with Crippen LogP contribution in [-0.4, -0.2) is 58.2 Å². The van der Waals surface area contributed by atoms with Gasteiger partial charge in [-0.3, -0.25) is 9.88 Å². The average Bonchev–Trinajstić information content (AvgIpc) is 3.58. The average molecular weight is 522 g/mol. The number of hydrogen-bond donors (Lipinski definition) is 0. The fourth-order valence-electron chi connectivity index (χ4n) is 7.39. The van der Waals surface area contributed by atoms with Gasteiger partial charge in [0.2, 0.25) is 0 Å². The quantitative estimate of drug-likeness (QED) is 0.408. The minimum Gasteiger partial charge on any atom is -0.461 e. The maximum Gasteiger partial charge on any atom is 0.319 e. The van der Waals surface area contributed by atoms with Crippen molar-refractivity contribution in [3.8, 4) is 17.3 Å². The minimum atomic E-state index is -0.472. The van der Waals surface area contributed by atoms with Crippen molar-refractivity contribution >= 4 is 28.3 Å². The van der Waals surface area contributed by atoms with Crippen molar-refractivity contribution in [3.63, 3.8) is 0 Å². The van der Waals surface area contributed by atoms with Gasteiger partial charge in [-0.2, -0.15) is 9.97 Å². The highest BCUT2D eigenvalue weighted by molar-refractivity contribution is 6.34. The molecule has 8 heteroatoms. The zero-order valence-corrected chi connectivity index (χ0v) is 22.1. The van der Waals surface area contributed by atoms with E-state index >= 15 is 4.39 Å². The standard InChI is InChI=1S/C29H33ClFN5O/c1-18-5-2-6-21(23(18)30)25-24(31)26-22(14-32-25)27(35-15-19-7-8-20(13-19)16-35)34-28(33-26)37-17-29-9-3-11-36(29)12-4-10-29/h2,5-6,14,19-20H,3-4,7-13,15-17H2,1H3. The summed E-state index contributed by atoms with van der Waals surface area (Å²) in [6.07, 6.45) is 10.2. The van der Waals surface area contributed by atoms with E-state index < -0.39 is 5.82 Å². The van der Waals surface area contributed by atoms with Gasteiger partial charge < -0.3 is 9.64 Å². The fraction of sp³-hybridized carbons (Fsp3) is 0.552. The number of benzene rings is 1. The zero-order chi connectivity index (χ0) is 25.1. The molecule has 1 aliphatic carbocycles. The number of piperidine rings is 1. The first kappa shape index (κ1) is 23.6. The molecule has 5 heterocycles. The smallest absolute Gasteiger partial charge is 0.319 e. The highest BCUT2D eigenvalue weighted by Gasteiger charge is 2.45. The topological polar surface area (TPSA) is 54.4 Å². The van der Waals surface area contributed by atoms with E-state index in [1.165, 1.54) is 32.1 Å². The Morgan fingerprint density at radius 3 is 2.62 bits per heavy atom. The van der Waals surface area contributed by atoms with Crippen LogP contribution < -0.4 is 9.64 Å². The van der Waals surface area contributed by atoms with Crippen molar-refractivity contribution < 1.29 is 9.13 Å². The number of hydrogen-bond acceptors (Lipinski definition) is 6. The van der Waals surface area contributed by atoms with Gasteiger partial charge in [-0.1, -0.05) is 29.8 Å². The summed E-state index contributed by atoms with van der Waals surface area (Å²) >= 11 is 6.57. The summed E-state index contributed by atoms with van der Waals surface area (Å²) in [5.41, 5.74) is 2.00. The van der Waals surface area contributed by atoms with Crippen molar-refractivity contribution in [2.24, 2.45) is 11.8 Å². The Morgan fingerprint density at radius 2 is 1.86 bits per heavy atom. The Labute approximate surface area is 222 Å². The molecular formula is C29H33ClFN5O. The maximum atomic E-state index is 16.2. The van der Waals surface area contributed by atoms with Gasteiger partial charge in [0.25, 0.3) is 0 Å². The molecule has 2 bridgehead atoms. The van der Waals surface area contributed by atoms with Crippen LogP contribution in [0.2, 0.25) is 5.02 Å². The second kappa shape index (κ2) is 9.05. The highest BCUT2D eigenvalue weighted by Crippen LogP contribution is 2.42. The molecule has 0 amide bonds. The minimum absolute atomic E-state index is 0.0692. The molecule has 4 aliphatic rings. The number of fused-ring (bicyclic) bond motifs is 4. The third-order valence-corrected chi connectivity index (χ3v) is 9.78. The second-order valence-corrected chi connectivity index (χ2v) is 12.0. The lowest BCUT2D eigenvalue weighted by molar-refractivity contribution is 0.108. The third-order valence-electron chi connectivity index (χ3n) is 9.28. The van der Waals surface area contributed by atoms with Crippen molar-refractivity contribution in [3.05, 3.63) is 40.8 Å². The van der Waals surface area contributed by atoms with E-state index in [4.69, 9.17) is 21.3 Å². The van der Waals surface area contributed by atoms with Crippen molar-refractivity contribution in [2.75, 3.05) is 37.7 Å². The molecule has 0 N–H and O–H groups in total. The van der Waals surface area contributed by atoms with Gasteiger partial charge in [0.15, 0.2) is 5.82 Å². The number of aromatic nitrogens is 3. The molecule has 3 aliphatic heterocycles. The lowest BCUT2D eigenvalue weighted by atomic mass is 9.95. The van der Waals surface area contributed by atoms with Gasteiger partial charge in [-0.05, 0) is 82.4 Å². The molecule has 2 unspecified atom stereocenters. The number of ether oxygens (including phenoxy) is 1. The van der Waals surface area contributed by atoms with E-state index in [0.29, 0.717) is 34.4 Å². The first-order valence-electron chi connectivity index (χ1n) is 13.8. The first-order valence-corrected chi connectivity index (χ1v) is 14.1. The second-order valence-electron chi connectivity index (χ2n) is 11.6. The molecule has 7 rings (SSSR count). The Balaban J connectivity index is 1.32. The van der Waals surface area contributed by atoms with Crippen molar-refractivity contribution in [1.82, 2.24) is 19.9 Å². The van der Waals surface area contributed by atoms with Crippen LogP contribution in [0.4, 0.5) is 10.2 Å². The van der Waals surface area contributed by atoms with Gasteiger partial charge >= 0.3 is 6.01 Å². The summed E-state index contributed by atoms with van der Waals surface area (Å²) in [7, 11) is 0. The number of halogens is 2. The van der Waals surface area contributed by atoms with Crippen LogP contribution in [0.15, 0.2) is 24.4 Å². The molecule has 6 nitrogen and oxygen atoms in total. The van der Waals surface area contributed by atoms with Gasteiger partial charge in [-0.15, -0.1) is 0 Å². The van der Waals surface area contributed by atoms with Crippen LogP contribution in [0.1, 0.15) is 50.5 Å². The lowest BCUT2D eigenvalue weighted by Gasteiger charge is -2.34. The van der Waals surface area contributed by atoms with Gasteiger partial charge in [-0.25, -0.2) is 4.39 Å². The molecular weight excluding hydrogens is 489 g/mol. The number of anilines is 1. The summed E-state index contributed by atoms with van der Waals surface area (Å²) in [5.74, 6) is 1.61. The van der Waals surface area contributed by atoms with Gasteiger partial charge in [0.05, 0.1) is 15.9 Å². The number of rotatable bonds is 5. The van der Waals surface area contributed by atoms with E-state index in [9.17, 15) is 0 Å².